The van der Waals surface area contributed by atoms with Gasteiger partial charge in [-0.1, -0.05) is 23.2 Å². The second kappa shape index (κ2) is 10.5. The standard InChI is InChI=1S/C25H26Cl2N8O2/c1-14(22-18(26)11-29-12-19(22)27)37-16-4-5-20-17(8-16)23(33-32-20)15-9-30-24(31-10-15)21-13-28-6-7-35(21)25(36)34(2)3/h4-5,8-12,14,21,28H,6-7,13H2,1-3H3,(H,32,33)/t14-,21?/m1/s1. The summed E-state index contributed by atoms with van der Waals surface area (Å²) in [6, 6.07) is 5.35. The van der Waals surface area contributed by atoms with Gasteiger partial charge in [-0.05, 0) is 25.1 Å². The number of piperazine rings is 1. The number of rotatable bonds is 5. The van der Waals surface area contributed by atoms with Crippen molar-refractivity contribution < 1.29 is 9.53 Å². The summed E-state index contributed by atoms with van der Waals surface area (Å²) in [4.78, 5) is 29.2. The lowest BCUT2D eigenvalue weighted by atomic mass is 10.1. The van der Waals surface area contributed by atoms with Crippen LogP contribution in [-0.4, -0.2) is 74.7 Å². The minimum absolute atomic E-state index is 0.0615. The van der Waals surface area contributed by atoms with Gasteiger partial charge in [0.15, 0.2) is 5.82 Å². The van der Waals surface area contributed by atoms with Crippen molar-refractivity contribution in [3.8, 4) is 17.0 Å². The molecule has 0 radical (unpaired) electrons. The molecule has 4 aromatic rings. The highest BCUT2D eigenvalue weighted by Crippen LogP contribution is 2.34. The number of nitrogens with zero attached hydrogens (tertiary/aromatic N) is 6. The zero-order valence-corrected chi connectivity index (χ0v) is 22.1. The number of H-pyrrole nitrogens is 1. The van der Waals surface area contributed by atoms with Gasteiger partial charge in [0.2, 0.25) is 0 Å². The Kier molecular flexibility index (Phi) is 7.14. The average Bonchev–Trinajstić information content (AvgIpc) is 3.31. The first-order valence-electron chi connectivity index (χ1n) is 11.8. The smallest absolute Gasteiger partial charge is 0.320 e. The van der Waals surface area contributed by atoms with Crippen LogP contribution in [0.15, 0.2) is 43.0 Å². The minimum atomic E-state index is -0.393. The average molecular weight is 541 g/mol. The van der Waals surface area contributed by atoms with Gasteiger partial charge in [-0.3, -0.25) is 10.1 Å². The summed E-state index contributed by atoms with van der Waals surface area (Å²) in [6.45, 7) is 3.79. The molecule has 2 amide bonds. The van der Waals surface area contributed by atoms with Gasteiger partial charge in [-0.15, -0.1) is 0 Å². The number of pyridine rings is 1. The third kappa shape index (κ3) is 5.04. The summed E-state index contributed by atoms with van der Waals surface area (Å²) in [6.07, 6.45) is 6.16. The molecule has 2 N–H and O–H groups in total. The fourth-order valence-corrected chi connectivity index (χ4v) is 5.08. The molecule has 0 saturated carbocycles. The lowest BCUT2D eigenvalue weighted by Crippen LogP contribution is -2.52. The Morgan fingerprint density at radius 3 is 2.59 bits per heavy atom. The lowest BCUT2D eigenvalue weighted by molar-refractivity contribution is 0.132. The van der Waals surface area contributed by atoms with Gasteiger partial charge in [0.1, 0.15) is 23.6 Å². The van der Waals surface area contributed by atoms with Crippen LogP contribution in [-0.2, 0) is 0 Å². The fourth-order valence-electron chi connectivity index (χ4n) is 4.41. The van der Waals surface area contributed by atoms with Crippen molar-refractivity contribution in [2.24, 2.45) is 0 Å². The largest absolute Gasteiger partial charge is 0.486 e. The first-order chi connectivity index (χ1) is 17.8. The summed E-state index contributed by atoms with van der Waals surface area (Å²) >= 11 is 12.6. The van der Waals surface area contributed by atoms with E-state index in [1.54, 1.807) is 48.7 Å². The molecule has 1 aliphatic rings. The third-order valence-electron chi connectivity index (χ3n) is 6.26. The molecule has 37 heavy (non-hydrogen) atoms. The second-order valence-corrected chi connectivity index (χ2v) is 9.79. The van der Waals surface area contributed by atoms with Crippen molar-refractivity contribution in [1.82, 2.24) is 40.3 Å². The molecule has 5 rings (SSSR count). The maximum atomic E-state index is 12.6. The molecule has 1 aliphatic heterocycles. The predicted molar refractivity (Wildman–Crippen MR) is 142 cm³/mol. The monoisotopic (exact) mass is 540 g/mol. The summed E-state index contributed by atoms with van der Waals surface area (Å²) in [5.41, 5.74) is 2.96. The zero-order chi connectivity index (χ0) is 26.1. The van der Waals surface area contributed by atoms with Crippen LogP contribution in [0.2, 0.25) is 10.0 Å². The lowest BCUT2D eigenvalue weighted by Gasteiger charge is -2.36. The number of benzene rings is 1. The number of ether oxygens (including phenoxy) is 1. The van der Waals surface area contributed by atoms with Gasteiger partial charge in [0, 0.05) is 75.0 Å². The highest BCUT2D eigenvalue weighted by molar-refractivity contribution is 6.35. The Labute approximate surface area is 224 Å². The molecule has 0 bridgehead atoms. The van der Waals surface area contributed by atoms with Crippen LogP contribution in [0.4, 0.5) is 4.79 Å². The van der Waals surface area contributed by atoms with Crippen molar-refractivity contribution in [2.45, 2.75) is 19.1 Å². The maximum absolute atomic E-state index is 12.6. The second-order valence-electron chi connectivity index (χ2n) is 8.98. The number of hydrogen-bond donors (Lipinski definition) is 2. The number of aromatic amines is 1. The van der Waals surface area contributed by atoms with Gasteiger partial charge >= 0.3 is 6.03 Å². The van der Waals surface area contributed by atoms with Crippen molar-refractivity contribution in [3.05, 3.63) is 64.4 Å². The normalized spacial score (nSPS) is 16.6. The van der Waals surface area contributed by atoms with Gasteiger partial charge in [0.25, 0.3) is 0 Å². The number of carbonyl (C=O) groups excluding carboxylic acids is 1. The van der Waals surface area contributed by atoms with Crippen LogP contribution in [0.1, 0.15) is 30.5 Å². The quantitative estimate of drug-likeness (QED) is 0.383. The van der Waals surface area contributed by atoms with Gasteiger partial charge in [0.05, 0.1) is 15.6 Å². The molecule has 192 valence electrons. The van der Waals surface area contributed by atoms with Gasteiger partial charge < -0.3 is 19.9 Å². The van der Waals surface area contributed by atoms with E-state index in [0.717, 1.165) is 23.0 Å². The van der Waals surface area contributed by atoms with E-state index in [-0.39, 0.29) is 12.1 Å². The fraction of sp³-hybridized carbons (Fsp3) is 0.320. The van der Waals surface area contributed by atoms with Crippen LogP contribution < -0.4 is 10.1 Å². The summed E-state index contributed by atoms with van der Waals surface area (Å²) < 4.78 is 6.16. The number of hydrogen-bond acceptors (Lipinski definition) is 7. The molecule has 10 nitrogen and oxygen atoms in total. The molecule has 1 saturated heterocycles. The van der Waals surface area contributed by atoms with Gasteiger partial charge in [-0.25, -0.2) is 14.8 Å². The molecule has 12 heteroatoms. The van der Waals surface area contributed by atoms with Crippen LogP contribution in [0.3, 0.4) is 0 Å². The number of amides is 2. The summed E-state index contributed by atoms with van der Waals surface area (Å²) in [5, 5.41) is 12.6. The van der Waals surface area contributed by atoms with E-state index in [1.807, 2.05) is 25.1 Å². The first kappa shape index (κ1) is 25.2. The van der Waals surface area contributed by atoms with Gasteiger partial charge in [-0.2, -0.15) is 5.10 Å². The summed E-state index contributed by atoms with van der Waals surface area (Å²) in [5.74, 6) is 1.21. The molecule has 1 aromatic carbocycles. The van der Waals surface area contributed by atoms with Crippen LogP contribution >= 0.6 is 23.2 Å². The Balaban J connectivity index is 1.40. The van der Waals surface area contributed by atoms with Crippen molar-refractivity contribution in [1.29, 1.82) is 0 Å². The van der Waals surface area contributed by atoms with E-state index in [1.165, 1.54) is 0 Å². The number of urea groups is 1. The molecule has 1 unspecified atom stereocenters. The molecule has 1 fully saturated rings. The Bertz CT molecular complexity index is 1410. The molecule has 2 atom stereocenters. The van der Waals surface area contributed by atoms with E-state index in [9.17, 15) is 4.79 Å². The SMILES string of the molecule is C[C@@H](Oc1ccc2[nH]nc(-c3cnc(C4CNCCN4C(=O)N(C)C)nc3)c2c1)c1c(Cl)cncc1Cl. The number of fused-ring (bicyclic) bond motifs is 1. The van der Waals surface area contributed by atoms with Crippen LogP contribution in [0.5, 0.6) is 5.75 Å². The number of aromatic nitrogens is 5. The van der Waals surface area contributed by atoms with E-state index < -0.39 is 6.10 Å². The number of halogens is 2. The van der Waals surface area contributed by atoms with Crippen molar-refractivity contribution in [2.75, 3.05) is 33.7 Å². The molecular formula is C25H26Cl2N8O2. The minimum Gasteiger partial charge on any atom is -0.486 e. The van der Waals surface area contributed by atoms with E-state index in [2.05, 4.69) is 30.5 Å². The van der Waals surface area contributed by atoms with E-state index in [4.69, 9.17) is 27.9 Å². The maximum Gasteiger partial charge on any atom is 0.320 e. The molecule has 0 aliphatic carbocycles. The molecule has 3 aromatic heterocycles. The highest BCUT2D eigenvalue weighted by Gasteiger charge is 2.31. The van der Waals surface area contributed by atoms with Crippen molar-refractivity contribution in [3.63, 3.8) is 0 Å². The molecule has 4 heterocycles. The Hall–Kier alpha value is -3.47. The first-order valence-corrected chi connectivity index (χ1v) is 12.5. The topological polar surface area (TPSA) is 112 Å². The van der Waals surface area contributed by atoms with E-state index in [0.29, 0.717) is 46.0 Å². The number of carbonyl (C=O) groups is 1. The summed E-state index contributed by atoms with van der Waals surface area (Å²) in [7, 11) is 3.49. The zero-order valence-electron chi connectivity index (χ0n) is 20.6. The molecule has 0 spiro atoms. The third-order valence-corrected chi connectivity index (χ3v) is 6.86. The van der Waals surface area contributed by atoms with Crippen LogP contribution in [0, 0.1) is 0 Å². The van der Waals surface area contributed by atoms with Crippen molar-refractivity contribution >= 4 is 40.1 Å². The highest BCUT2D eigenvalue weighted by atomic mass is 35.5. The van der Waals surface area contributed by atoms with E-state index >= 15 is 0 Å². The Morgan fingerprint density at radius 1 is 1.16 bits per heavy atom. The van der Waals surface area contributed by atoms with Crippen LogP contribution in [0.25, 0.3) is 22.2 Å². The Morgan fingerprint density at radius 2 is 1.89 bits per heavy atom. The molecular weight excluding hydrogens is 515 g/mol. The number of nitrogens with one attached hydrogen (secondary N) is 2. The predicted octanol–water partition coefficient (Wildman–Crippen LogP) is 4.49.